The van der Waals surface area contributed by atoms with Crippen molar-refractivity contribution < 1.29 is 4.79 Å². The molecule has 1 aromatic heterocycles. The lowest BCUT2D eigenvalue weighted by Gasteiger charge is -1.86. The van der Waals surface area contributed by atoms with Gasteiger partial charge in [0.1, 0.15) is 5.69 Å². The first-order chi connectivity index (χ1) is 4.61. The molecular formula is C7H11ClN2O. The van der Waals surface area contributed by atoms with E-state index < -0.39 is 0 Å². The topological polar surface area (TPSA) is 34.9 Å². The Morgan fingerprint density at radius 1 is 1.64 bits per heavy atom. The highest BCUT2D eigenvalue weighted by molar-refractivity contribution is 5.93. The van der Waals surface area contributed by atoms with Crippen molar-refractivity contribution in [2.75, 3.05) is 0 Å². The standard InChI is InChI=1S/C7H10N2O.ClH/c1-5-4-9(3)8-7(5)6(2)10;/h4H,1-3H3;1H. The van der Waals surface area contributed by atoms with Crippen LogP contribution in [0.15, 0.2) is 6.20 Å². The lowest BCUT2D eigenvalue weighted by Crippen LogP contribution is -1.96. The van der Waals surface area contributed by atoms with Crippen LogP contribution in [0.5, 0.6) is 0 Å². The summed E-state index contributed by atoms with van der Waals surface area (Å²) in [5, 5.41) is 3.98. The number of Topliss-reactive ketones (excluding diaryl/α,β-unsaturated/α-hetero) is 1. The Morgan fingerprint density at radius 3 is 2.36 bits per heavy atom. The first-order valence-corrected chi connectivity index (χ1v) is 3.12. The van der Waals surface area contributed by atoms with Gasteiger partial charge in [-0.25, -0.2) is 0 Å². The molecule has 0 bridgehead atoms. The van der Waals surface area contributed by atoms with Gasteiger partial charge in [0.05, 0.1) is 0 Å². The molecule has 62 valence electrons. The molecule has 1 rings (SSSR count). The second-order valence-electron chi connectivity index (χ2n) is 2.39. The van der Waals surface area contributed by atoms with E-state index in [1.165, 1.54) is 6.92 Å². The third-order valence-electron chi connectivity index (χ3n) is 1.35. The number of aryl methyl sites for hydroxylation is 2. The number of carbonyl (C=O) groups excluding carboxylic acids is 1. The molecule has 1 aromatic rings. The SMILES string of the molecule is CC(=O)c1nn(C)cc1C.Cl. The van der Waals surface area contributed by atoms with Crippen molar-refractivity contribution in [1.82, 2.24) is 9.78 Å². The normalized spacial score (nSPS) is 9.00. The molecule has 0 unspecified atom stereocenters. The molecule has 0 fully saturated rings. The van der Waals surface area contributed by atoms with Crippen LogP contribution in [0.4, 0.5) is 0 Å². The number of ketones is 1. The maximum Gasteiger partial charge on any atom is 0.180 e. The highest BCUT2D eigenvalue weighted by atomic mass is 35.5. The van der Waals surface area contributed by atoms with E-state index in [0.717, 1.165) is 5.56 Å². The molecule has 1 heterocycles. The highest BCUT2D eigenvalue weighted by Crippen LogP contribution is 2.03. The van der Waals surface area contributed by atoms with Gasteiger partial charge in [-0.05, 0) is 12.5 Å². The summed E-state index contributed by atoms with van der Waals surface area (Å²) in [4.78, 5) is 10.8. The smallest absolute Gasteiger partial charge is 0.180 e. The number of aromatic nitrogens is 2. The Balaban J connectivity index is 0.000001000. The van der Waals surface area contributed by atoms with E-state index in [2.05, 4.69) is 5.10 Å². The summed E-state index contributed by atoms with van der Waals surface area (Å²) < 4.78 is 1.64. The summed E-state index contributed by atoms with van der Waals surface area (Å²) in [6, 6.07) is 0. The number of carbonyl (C=O) groups is 1. The third-order valence-corrected chi connectivity index (χ3v) is 1.35. The van der Waals surface area contributed by atoms with Crippen molar-refractivity contribution in [3.05, 3.63) is 17.5 Å². The van der Waals surface area contributed by atoms with Gasteiger partial charge in [0, 0.05) is 20.2 Å². The first kappa shape index (κ1) is 10.2. The van der Waals surface area contributed by atoms with Crippen LogP contribution in [0.3, 0.4) is 0 Å². The maximum atomic E-state index is 10.8. The van der Waals surface area contributed by atoms with Gasteiger partial charge in [0.25, 0.3) is 0 Å². The molecule has 0 aliphatic rings. The maximum absolute atomic E-state index is 10.8. The summed E-state index contributed by atoms with van der Waals surface area (Å²) in [7, 11) is 1.80. The summed E-state index contributed by atoms with van der Waals surface area (Å²) >= 11 is 0. The van der Waals surface area contributed by atoms with Crippen LogP contribution in [0.1, 0.15) is 23.0 Å². The Kier molecular flexibility index (Phi) is 3.26. The molecule has 0 saturated carbocycles. The van der Waals surface area contributed by atoms with Gasteiger partial charge in [-0.1, -0.05) is 0 Å². The fraction of sp³-hybridized carbons (Fsp3) is 0.429. The minimum absolute atomic E-state index is 0. The van der Waals surface area contributed by atoms with E-state index >= 15 is 0 Å². The van der Waals surface area contributed by atoms with Crippen LogP contribution in [-0.2, 0) is 7.05 Å². The molecule has 0 N–H and O–H groups in total. The van der Waals surface area contributed by atoms with E-state index in [-0.39, 0.29) is 18.2 Å². The predicted molar refractivity (Wildman–Crippen MR) is 45.2 cm³/mol. The van der Waals surface area contributed by atoms with Gasteiger partial charge in [-0.2, -0.15) is 5.10 Å². The van der Waals surface area contributed by atoms with E-state index in [0.29, 0.717) is 5.69 Å². The molecule has 0 spiro atoms. The molecule has 0 radical (unpaired) electrons. The first-order valence-electron chi connectivity index (χ1n) is 3.12. The molecule has 0 atom stereocenters. The summed E-state index contributed by atoms with van der Waals surface area (Å²) in [5.41, 5.74) is 1.51. The lowest BCUT2D eigenvalue weighted by molar-refractivity contribution is 0.101. The zero-order valence-electron chi connectivity index (χ0n) is 6.79. The van der Waals surface area contributed by atoms with Crippen LogP contribution in [0.2, 0.25) is 0 Å². The molecule has 0 aliphatic heterocycles. The average Bonchev–Trinajstić information content (AvgIpc) is 2.10. The van der Waals surface area contributed by atoms with Crippen LogP contribution in [-0.4, -0.2) is 15.6 Å². The largest absolute Gasteiger partial charge is 0.293 e. The van der Waals surface area contributed by atoms with Crippen LogP contribution >= 0.6 is 12.4 Å². The minimum atomic E-state index is 0. The molecule has 0 amide bonds. The van der Waals surface area contributed by atoms with Gasteiger partial charge >= 0.3 is 0 Å². The third kappa shape index (κ3) is 2.05. The van der Waals surface area contributed by atoms with Crippen LogP contribution < -0.4 is 0 Å². The van der Waals surface area contributed by atoms with Crippen LogP contribution in [0.25, 0.3) is 0 Å². The van der Waals surface area contributed by atoms with Crippen molar-refractivity contribution in [3.63, 3.8) is 0 Å². The van der Waals surface area contributed by atoms with E-state index in [1.54, 1.807) is 11.7 Å². The number of halogens is 1. The average molecular weight is 175 g/mol. The molecule has 3 nitrogen and oxygen atoms in total. The zero-order chi connectivity index (χ0) is 7.72. The van der Waals surface area contributed by atoms with Gasteiger partial charge in [0.2, 0.25) is 0 Å². The summed E-state index contributed by atoms with van der Waals surface area (Å²) in [6.07, 6.45) is 1.83. The van der Waals surface area contributed by atoms with E-state index in [9.17, 15) is 4.79 Å². The second kappa shape index (κ2) is 3.53. The number of rotatable bonds is 1. The molecule has 11 heavy (non-hydrogen) atoms. The zero-order valence-corrected chi connectivity index (χ0v) is 7.60. The minimum Gasteiger partial charge on any atom is -0.293 e. The highest BCUT2D eigenvalue weighted by Gasteiger charge is 2.06. The Hall–Kier alpha value is -0.830. The quantitative estimate of drug-likeness (QED) is 0.603. The van der Waals surface area contributed by atoms with Gasteiger partial charge in [-0.3, -0.25) is 9.48 Å². The van der Waals surface area contributed by atoms with Crippen molar-refractivity contribution in [2.45, 2.75) is 13.8 Å². The van der Waals surface area contributed by atoms with Crippen molar-refractivity contribution in [1.29, 1.82) is 0 Å². The summed E-state index contributed by atoms with van der Waals surface area (Å²) in [6.45, 7) is 3.40. The van der Waals surface area contributed by atoms with Crippen molar-refractivity contribution in [2.24, 2.45) is 7.05 Å². The van der Waals surface area contributed by atoms with Gasteiger partial charge < -0.3 is 0 Å². The fourth-order valence-corrected chi connectivity index (χ4v) is 0.955. The summed E-state index contributed by atoms with van der Waals surface area (Å²) in [5.74, 6) is 0.0260. The van der Waals surface area contributed by atoms with Crippen LogP contribution in [0, 0.1) is 6.92 Å². The molecule has 0 aliphatic carbocycles. The van der Waals surface area contributed by atoms with E-state index in [1.807, 2.05) is 13.1 Å². The van der Waals surface area contributed by atoms with Crippen molar-refractivity contribution >= 4 is 18.2 Å². The molecule has 0 saturated heterocycles. The molecule has 0 aromatic carbocycles. The van der Waals surface area contributed by atoms with Gasteiger partial charge in [0.15, 0.2) is 5.78 Å². The number of hydrogen-bond acceptors (Lipinski definition) is 2. The predicted octanol–water partition coefficient (Wildman–Crippen LogP) is 1.35. The Morgan fingerprint density at radius 2 is 2.18 bits per heavy atom. The Labute approximate surface area is 71.8 Å². The second-order valence-corrected chi connectivity index (χ2v) is 2.39. The Bertz CT molecular complexity index is 267. The fourth-order valence-electron chi connectivity index (χ4n) is 0.955. The number of nitrogens with zero attached hydrogens (tertiary/aromatic N) is 2. The number of hydrogen-bond donors (Lipinski definition) is 0. The molecule has 4 heteroatoms. The van der Waals surface area contributed by atoms with Crippen molar-refractivity contribution in [3.8, 4) is 0 Å². The molecular weight excluding hydrogens is 164 g/mol. The monoisotopic (exact) mass is 174 g/mol. The lowest BCUT2D eigenvalue weighted by atomic mass is 10.2. The van der Waals surface area contributed by atoms with Gasteiger partial charge in [-0.15, -0.1) is 12.4 Å². The van der Waals surface area contributed by atoms with E-state index in [4.69, 9.17) is 0 Å².